The summed E-state index contributed by atoms with van der Waals surface area (Å²) in [4.78, 5) is 18.0. The molecule has 0 bridgehead atoms. The third-order valence-electron chi connectivity index (χ3n) is 3.46. The van der Waals surface area contributed by atoms with E-state index in [1.165, 1.54) is 18.0 Å². The molecule has 0 radical (unpaired) electrons. The molecule has 0 saturated carbocycles. The average Bonchev–Trinajstić information content (AvgIpc) is 3.14. The van der Waals surface area contributed by atoms with Crippen LogP contribution in [0.1, 0.15) is 12.0 Å². The zero-order chi connectivity index (χ0) is 18.3. The number of aromatic nitrogens is 1. The Morgan fingerprint density at radius 1 is 1.36 bits per heavy atom. The van der Waals surface area contributed by atoms with E-state index in [9.17, 15) is 13.2 Å². The molecular formula is C16H18N4O3S2. The van der Waals surface area contributed by atoms with Gasteiger partial charge in [0.1, 0.15) is 4.21 Å². The molecule has 0 aliphatic heterocycles. The van der Waals surface area contributed by atoms with Crippen molar-refractivity contribution in [3.63, 3.8) is 0 Å². The molecule has 0 aliphatic rings. The standard InChI is InChI=1S/C16H18N4O3S2/c1-19(25(22,23)16-6-3-10-24-16)13-15(21)20(9-4-7-17)12-14-5-2-8-18-11-14/h2-3,5-6,8,10-11H,4,9,12-13H2,1H3. The summed E-state index contributed by atoms with van der Waals surface area (Å²) < 4.78 is 26.1. The summed E-state index contributed by atoms with van der Waals surface area (Å²) >= 11 is 1.10. The van der Waals surface area contributed by atoms with Crippen molar-refractivity contribution in [2.45, 2.75) is 17.2 Å². The second-order valence-electron chi connectivity index (χ2n) is 5.28. The lowest BCUT2D eigenvalue weighted by Gasteiger charge is -2.24. The molecule has 2 aromatic heterocycles. The highest BCUT2D eigenvalue weighted by Gasteiger charge is 2.26. The van der Waals surface area contributed by atoms with Crippen LogP contribution in [0.4, 0.5) is 0 Å². The number of nitrogens with zero attached hydrogens (tertiary/aromatic N) is 4. The number of sulfonamides is 1. The van der Waals surface area contributed by atoms with Gasteiger partial charge in [-0.15, -0.1) is 11.3 Å². The zero-order valence-corrected chi connectivity index (χ0v) is 15.3. The van der Waals surface area contributed by atoms with Gasteiger partial charge in [-0.2, -0.15) is 9.57 Å². The number of nitriles is 1. The van der Waals surface area contributed by atoms with Gasteiger partial charge in [-0.05, 0) is 23.1 Å². The molecule has 132 valence electrons. The summed E-state index contributed by atoms with van der Waals surface area (Å²) in [6.07, 6.45) is 3.44. The maximum atomic E-state index is 12.6. The van der Waals surface area contributed by atoms with E-state index in [1.807, 2.05) is 12.1 Å². The summed E-state index contributed by atoms with van der Waals surface area (Å²) in [6, 6.07) is 8.74. The van der Waals surface area contributed by atoms with E-state index in [-0.39, 0.29) is 36.2 Å². The highest BCUT2D eigenvalue weighted by molar-refractivity contribution is 7.91. The third-order valence-corrected chi connectivity index (χ3v) is 6.64. The maximum Gasteiger partial charge on any atom is 0.252 e. The minimum Gasteiger partial charge on any atom is -0.336 e. The van der Waals surface area contributed by atoms with Crippen LogP contribution in [0.25, 0.3) is 0 Å². The van der Waals surface area contributed by atoms with Crippen molar-refractivity contribution in [2.24, 2.45) is 0 Å². The molecule has 0 N–H and O–H groups in total. The molecule has 0 spiro atoms. The van der Waals surface area contributed by atoms with Crippen LogP contribution in [0.2, 0.25) is 0 Å². The quantitative estimate of drug-likeness (QED) is 0.697. The summed E-state index contributed by atoms with van der Waals surface area (Å²) in [5.41, 5.74) is 0.817. The van der Waals surface area contributed by atoms with E-state index in [4.69, 9.17) is 5.26 Å². The summed E-state index contributed by atoms with van der Waals surface area (Å²) in [7, 11) is -2.32. The van der Waals surface area contributed by atoms with E-state index < -0.39 is 10.0 Å². The van der Waals surface area contributed by atoms with Crippen molar-refractivity contribution in [2.75, 3.05) is 20.1 Å². The highest BCUT2D eigenvalue weighted by Crippen LogP contribution is 2.19. The van der Waals surface area contributed by atoms with Crippen molar-refractivity contribution in [3.05, 3.63) is 47.6 Å². The smallest absolute Gasteiger partial charge is 0.252 e. The minimum atomic E-state index is -3.69. The van der Waals surface area contributed by atoms with Crippen LogP contribution in [0.3, 0.4) is 0 Å². The molecule has 0 fully saturated rings. The molecule has 0 unspecified atom stereocenters. The molecule has 2 aromatic rings. The Kier molecular flexibility index (Phi) is 6.64. The number of pyridine rings is 1. The number of carbonyl (C=O) groups excluding carboxylic acids is 1. The molecule has 25 heavy (non-hydrogen) atoms. The predicted molar refractivity (Wildman–Crippen MR) is 94.0 cm³/mol. The second-order valence-corrected chi connectivity index (χ2v) is 8.50. The number of likely N-dealkylation sites (N-methyl/N-ethyl adjacent to an activating group) is 1. The van der Waals surface area contributed by atoms with Crippen LogP contribution in [0.5, 0.6) is 0 Å². The van der Waals surface area contributed by atoms with Gasteiger partial charge in [0.2, 0.25) is 5.91 Å². The monoisotopic (exact) mass is 378 g/mol. The van der Waals surface area contributed by atoms with Gasteiger partial charge < -0.3 is 4.90 Å². The summed E-state index contributed by atoms with van der Waals surface area (Å²) in [6.45, 7) is 0.226. The molecule has 0 aromatic carbocycles. The van der Waals surface area contributed by atoms with E-state index in [0.717, 1.165) is 21.2 Å². The zero-order valence-electron chi connectivity index (χ0n) is 13.7. The Bertz CT molecular complexity index is 830. The number of hydrogen-bond donors (Lipinski definition) is 0. The first-order chi connectivity index (χ1) is 11.9. The Hall–Kier alpha value is -2.28. The number of hydrogen-bond acceptors (Lipinski definition) is 6. The lowest BCUT2D eigenvalue weighted by atomic mass is 10.2. The highest BCUT2D eigenvalue weighted by atomic mass is 32.2. The number of rotatable bonds is 8. The largest absolute Gasteiger partial charge is 0.336 e. The fourth-order valence-electron chi connectivity index (χ4n) is 2.13. The van der Waals surface area contributed by atoms with Crippen LogP contribution in [0.15, 0.2) is 46.2 Å². The van der Waals surface area contributed by atoms with Gasteiger partial charge in [0, 0.05) is 32.5 Å². The van der Waals surface area contributed by atoms with Gasteiger partial charge in [0.05, 0.1) is 19.0 Å². The molecule has 9 heteroatoms. The first-order valence-electron chi connectivity index (χ1n) is 7.48. The van der Waals surface area contributed by atoms with Crippen molar-refractivity contribution in [1.82, 2.24) is 14.2 Å². The molecule has 1 amide bonds. The van der Waals surface area contributed by atoms with E-state index in [2.05, 4.69) is 4.98 Å². The van der Waals surface area contributed by atoms with Crippen LogP contribution in [0, 0.1) is 11.3 Å². The van der Waals surface area contributed by atoms with Crippen LogP contribution < -0.4 is 0 Å². The second kappa shape index (κ2) is 8.71. The van der Waals surface area contributed by atoms with Gasteiger partial charge in [-0.25, -0.2) is 8.42 Å². The number of amides is 1. The normalized spacial score (nSPS) is 11.2. The van der Waals surface area contributed by atoms with Crippen LogP contribution in [-0.4, -0.2) is 48.7 Å². The fraction of sp³-hybridized carbons (Fsp3) is 0.312. The topological polar surface area (TPSA) is 94.4 Å². The SMILES string of the molecule is CN(CC(=O)N(CCC#N)Cc1cccnc1)S(=O)(=O)c1cccs1. The number of carbonyl (C=O) groups is 1. The van der Waals surface area contributed by atoms with Gasteiger partial charge >= 0.3 is 0 Å². The predicted octanol–water partition coefficient (Wildman–Crippen LogP) is 1.71. The number of thiophene rings is 1. The Labute approximate surface area is 151 Å². The lowest BCUT2D eigenvalue weighted by molar-refractivity contribution is -0.131. The van der Waals surface area contributed by atoms with Gasteiger partial charge in [0.25, 0.3) is 10.0 Å². The third kappa shape index (κ3) is 5.09. The first kappa shape index (κ1) is 19.1. The molecular weight excluding hydrogens is 360 g/mol. The summed E-state index contributed by atoms with van der Waals surface area (Å²) in [5.74, 6) is -0.360. The average molecular weight is 378 g/mol. The minimum absolute atomic E-state index is 0.174. The lowest BCUT2D eigenvalue weighted by Crippen LogP contribution is -2.41. The molecule has 0 saturated heterocycles. The molecule has 2 heterocycles. The Morgan fingerprint density at radius 2 is 2.16 bits per heavy atom. The molecule has 7 nitrogen and oxygen atoms in total. The van der Waals surface area contributed by atoms with E-state index in [0.29, 0.717) is 0 Å². The fourth-order valence-corrected chi connectivity index (χ4v) is 4.45. The van der Waals surface area contributed by atoms with E-state index >= 15 is 0 Å². The maximum absolute atomic E-state index is 12.6. The molecule has 0 atom stereocenters. The van der Waals surface area contributed by atoms with Gasteiger partial charge in [0.15, 0.2) is 0 Å². The first-order valence-corrected chi connectivity index (χ1v) is 9.80. The molecule has 0 aliphatic carbocycles. The van der Waals surface area contributed by atoms with Crippen molar-refractivity contribution in [1.29, 1.82) is 5.26 Å². The van der Waals surface area contributed by atoms with E-state index in [1.54, 1.807) is 29.9 Å². The van der Waals surface area contributed by atoms with Crippen LogP contribution in [-0.2, 0) is 21.4 Å². The van der Waals surface area contributed by atoms with Crippen molar-refractivity contribution < 1.29 is 13.2 Å². The molecule has 2 rings (SSSR count). The van der Waals surface area contributed by atoms with Gasteiger partial charge in [-0.3, -0.25) is 9.78 Å². The Morgan fingerprint density at radius 3 is 2.76 bits per heavy atom. The van der Waals surface area contributed by atoms with Crippen LogP contribution >= 0.6 is 11.3 Å². The summed E-state index contributed by atoms with van der Waals surface area (Å²) in [5, 5.41) is 10.5. The van der Waals surface area contributed by atoms with Gasteiger partial charge in [-0.1, -0.05) is 12.1 Å². The van der Waals surface area contributed by atoms with Crippen molar-refractivity contribution in [3.8, 4) is 6.07 Å². The van der Waals surface area contributed by atoms with Crippen molar-refractivity contribution >= 4 is 27.3 Å². The Balaban J connectivity index is 2.09.